The number of benzene rings is 1. The van der Waals surface area contributed by atoms with Crippen LogP contribution in [0, 0.1) is 0 Å². The van der Waals surface area contributed by atoms with Gasteiger partial charge in [-0.2, -0.15) is 5.10 Å². The first-order chi connectivity index (χ1) is 12.5. The molecule has 0 aliphatic carbocycles. The monoisotopic (exact) mass is 352 g/mol. The van der Waals surface area contributed by atoms with Gasteiger partial charge in [0.15, 0.2) is 5.69 Å². The molecule has 0 unspecified atom stereocenters. The average molecular weight is 352 g/mol. The largest absolute Gasteiger partial charge is 0.493 e. The number of pyridine rings is 1. The van der Waals surface area contributed by atoms with Gasteiger partial charge >= 0.3 is 5.97 Å². The van der Waals surface area contributed by atoms with E-state index in [-0.39, 0.29) is 18.0 Å². The van der Waals surface area contributed by atoms with Crippen LogP contribution in [-0.2, 0) is 4.79 Å². The summed E-state index contributed by atoms with van der Waals surface area (Å²) in [6.45, 7) is 0. The number of nitrogens with one attached hydrogen (secondary N) is 1. The molecule has 132 valence electrons. The lowest BCUT2D eigenvalue weighted by atomic mass is 10.1. The van der Waals surface area contributed by atoms with Crippen LogP contribution in [-0.4, -0.2) is 36.9 Å². The van der Waals surface area contributed by atoms with Crippen LogP contribution < -0.4 is 5.32 Å². The van der Waals surface area contributed by atoms with Crippen molar-refractivity contribution in [3.8, 4) is 11.6 Å². The van der Waals surface area contributed by atoms with Crippen molar-refractivity contribution < 1.29 is 19.8 Å². The van der Waals surface area contributed by atoms with Crippen molar-refractivity contribution in [3.63, 3.8) is 0 Å². The number of para-hydroxylation sites is 1. The minimum atomic E-state index is -1.06. The van der Waals surface area contributed by atoms with Crippen molar-refractivity contribution >= 4 is 11.9 Å². The second kappa shape index (κ2) is 7.47. The van der Waals surface area contributed by atoms with Gasteiger partial charge in [0.25, 0.3) is 5.91 Å². The highest BCUT2D eigenvalue weighted by Crippen LogP contribution is 2.20. The number of amides is 1. The van der Waals surface area contributed by atoms with Crippen molar-refractivity contribution in [2.45, 2.75) is 12.5 Å². The van der Waals surface area contributed by atoms with Crippen molar-refractivity contribution in [1.29, 1.82) is 0 Å². The Bertz CT molecular complexity index is 909. The number of hydrogen-bond acceptors (Lipinski definition) is 5. The van der Waals surface area contributed by atoms with Crippen molar-refractivity contribution in [2.75, 3.05) is 0 Å². The zero-order chi connectivity index (χ0) is 18.5. The van der Waals surface area contributed by atoms with Gasteiger partial charge in [0.2, 0.25) is 5.88 Å². The molecule has 0 bridgehead atoms. The second-order valence-corrected chi connectivity index (χ2v) is 5.55. The van der Waals surface area contributed by atoms with E-state index in [1.54, 1.807) is 42.6 Å². The van der Waals surface area contributed by atoms with Crippen molar-refractivity contribution in [3.05, 3.63) is 72.2 Å². The molecule has 1 aromatic carbocycles. The van der Waals surface area contributed by atoms with Crippen LogP contribution in [0.15, 0.2) is 60.9 Å². The number of hydrogen-bond donors (Lipinski definition) is 3. The number of rotatable bonds is 6. The Kier molecular flexibility index (Phi) is 4.93. The van der Waals surface area contributed by atoms with Crippen LogP contribution in [0.3, 0.4) is 0 Å². The summed E-state index contributed by atoms with van der Waals surface area (Å²) in [5.41, 5.74) is 1.14. The maximum Gasteiger partial charge on any atom is 0.305 e. The summed E-state index contributed by atoms with van der Waals surface area (Å²) >= 11 is 0. The first-order valence-corrected chi connectivity index (χ1v) is 7.81. The predicted molar refractivity (Wildman–Crippen MR) is 91.9 cm³/mol. The molecule has 1 atom stereocenters. The smallest absolute Gasteiger partial charge is 0.305 e. The van der Waals surface area contributed by atoms with Gasteiger partial charge in [0.05, 0.1) is 18.2 Å². The lowest BCUT2D eigenvalue weighted by Crippen LogP contribution is -2.30. The zero-order valence-corrected chi connectivity index (χ0v) is 13.6. The van der Waals surface area contributed by atoms with Crippen LogP contribution in [0.4, 0.5) is 0 Å². The first-order valence-electron chi connectivity index (χ1n) is 7.81. The molecule has 3 N–H and O–H groups in total. The zero-order valence-electron chi connectivity index (χ0n) is 13.6. The summed E-state index contributed by atoms with van der Waals surface area (Å²) in [4.78, 5) is 27.6. The Hall–Kier alpha value is -3.68. The van der Waals surface area contributed by atoms with Crippen LogP contribution in [0.25, 0.3) is 5.69 Å². The molecule has 0 saturated heterocycles. The molecule has 26 heavy (non-hydrogen) atoms. The Morgan fingerprint density at radius 1 is 1.15 bits per heavy atom. The minimum absolute atomic E-state index is 0.0226. The average Bonchev–Trinajstić information content (AvgIpc) is 3.04. The maximum atomic E-state index is 12.5. The van der Waals surface area contributed by atoms with Crippen LogP contribution in [0.2, 0.25) is 0 Å². The highest BCUT2D eigenvalue weighted by molar-refractivity contribution is 5.93. The quantitative estimate of drug-likeness (QED) is 0.624. The molecule has 3 aromatic rings. The summed E-state index contributed by atoms with van der Waals surface area (Å²) in [6.07, 6.45) is 2.75. The third-order valence-electron chi connectivity index (χ3n) is 3.69. The van der Waals surface area contributed by atoms with E-state index in [4.69, 9.17) is 5.11 Å². The van der Waals surface area contributed by atoms with E-state index in [1.807, 2.05) is 6.07 Å². The van der Waals surface area contributed by atoms with Gasteiger partial charge in [-0.15, -0.1) is 0 Å². The van der Waals surface area contributed by atoms with E-state index >= 15 is 0 Å². The summed E-state index contributed by atoms with van der Waals surface area (Å²) in [5, 5.41) is 25.9. The normalized spacial score (nSPS) is 11.7. The van der Waals surface area contributed by atoms with Crippen molar-refractivity contribution in [2.24, 2.45) is 0 Å². The van der Waals surface area contributed by atoms with Gasteiger partial charge in [-0.05, 0) is 23.8 Å². The van der Waals surface area contributed by atoms with Crippen LogP contribution in [0.5, 0.6) is 5.88 Å². The number of nitrogens with zero attached hydrogens (tertiary/aromatic N) is 3. The molecule has 0 saturated carbocycles. The van der Waals surface area contributed by atoms with E-state index in [0.717, 1.165) is 0 Å². The van der Waals surface area contributed by atoms with Gasteiger partial charge in [-0.1, -0.05) is 24.3 Å². The number of carboxylic acids is 1. The summed E-state index contributed by atoms with van der Waals surface area (Å²) in [5.74, 6) is -1.85. The van der Waals surface area contributed by atoms with Crippen LogP contribution in [0.1, 0.15) is 28.5 Å². The summed E-state index contributed by atoms with van der Waals surface area (Å²) < 4.78 is 1.23. The standard InChI is InChI=1S/C18H16N4O4/c23-16-9-15(21-22(16)13-6-2-1-3-7-13)18(26)20-14(10-17(24)25)12-5-4-8-19-11-12/h1-9,11,14,23H,10H2,(H,20,26)(H,24,25)/t14-/m0/s1. The Balaban J connectivity index is 1.83. The predicted octanol–water partition coefficient (Wildman–Crippen LogP) is 1.92. The Morgan fingerprint density at radius 2 is 1.92 bits per heavy atom. The van der Waals surface area contributed by atoms with Gasteiger partial charge in [0, 0.05) is 18.5 Å². The number of aromatic nitrogens is 3. The number of aromatic hydroxyl groups is 1. The highest BCUT2D eigenvalue weighted by Gasteiger charge is 2.22. The number of aliphatic carboxylic acids is 1. The molecule has 2 heterocycles. The van der Waals surface area contributed by atoms with Gasteiger partial charge in [-0.3, -0.25) is 14.6 Å². The lowest BCUT2D eigenvalue weighted by Gasteiger charge is -2.16. The van der Waals surface area contributed by atoms with Gasteiger partial charge in [-0.25, -0.2) is 4.68 Å². The molecular weight excluding hydrogens is 336 g/mol. The maximum absolute atomic E-state index is 12.5. The van der Waals surface area contributed by atoms with Crippen LogP contribution >= 0.6 is 0 Å². The van der Waals surface area contributed by atoms with Gasteiger partial charge < -0.3 is 15.5 Å². The molecular formula is C18H16N4O4. The topological polar surface area (TPSA) is 117 Å². The second-order valence-electron chi connectivity index (χ2n) is 5.55. The number of carbonyl (C=O) groups is 2. The molecule has 8 nitrogen and oxygen atoms in total. The lowest BCUT2D eigenvalue weighted by molar-refractivity contribution is -0.137. The fraction of sp³-hybridized carbons (Fsp3) is 0.111. The minimum Gasteiger partial charge on any atom is -0.493 e. The number of carbonyl (C=O) groups excluding carboxylic acids is 1. The van der Waals surface area contributed by atoms with E-state index in [9.17, 15) is 14.7 Å². The van der Waals surface area contributed by atoms with E-state index in [0.29, 0.717) is 11.3 Å². The molecule has 8 heteroatoms. The Labute approximate surface area is 148 Å². The highest BCUT2D eigenvalue weighted by atomic mass is 16.4. The Morgan fingerprint density at radius 3 is 2.58 bits per heavy atom. The molecule has 0 radical (unpaired) electrons. The molecule has 0 fully saturated rings. The summed E-state index contributed by atoms with van der Waals surface area (Å²) in [6, 6.07) is 12.6. The van der Waals surface area contributed by atoms with Gasteiger partial charge in [0.1, 0.15) is 0 Å². The van der Waals surface area contributed by atoms with E-state index in [2.05, 4.69) is 15.4 Å². The molecule has 2 aromatic heterocycles. The van der Waals surface area contributed by atoms with E-state index in [1.165, 1.54) is 16.9 Å². The molecule has 3 rings (SSSR count). The molecule has 1 amide bonds. The number of carboxylic acid groups (broad SMARTS) is 1. The summed E-state index contributed by atoms with van der Waals surface area (Å²) in [7, 11) is 0. The molecule has 0 spiro atoms. The third-order valence-corrected chi connectivity index (χ3v) is 3.69. The first kappa shape index (κ1) is 17.2. The SMILES string of the molecule is O=C(O)C[C@H](NC(=O)c1cc(O)n(-c2ccccc2)n1)c1cccnc1. The fourth-order valence-electron chi connectivity index (χ4n) is 2.48. The van der Waals surface area contributed by atoms with Crippen molar-refractivity contribution in [1.82, 2.24) is 20.1 Å². The molecule has 0 aliphatic rings. The molecule has 0 aliphatic heterocycles. The fourth-order valence-corrected chi connectivity index (χ4v) is 2.48. The van der Waals surface area contributed by atoms with E-state index < -0.39 is 17.9 Å². The third kappa shape index (κ3) is 3.86.